The van der Waals surface area contributed by atoms with Gasteiger partial charge < -0.3 is 9.64 Å². The molecule has 2 atom stereocenters. The van der Waals surface area contributed by atoms with E-state index in [-0.39, 0.29) is 59.9 Å². The van der Waals surface area contributed by atoms with Gasteiger partial charge in [0.25, 0.3) is 5.91 Å². The largest absolute Gasteiger partial charge is 0.433 e. The fourth-order valence-electron chi connectivity index (χ4n) is 4.47. The van der Waals surface area contributed by atoms with Crippen LogP contribution in [0.4, 0.5) is 22.0 Å². The summed E-state index contributed by atoms with van der Waals surface area (Å²) in [5, 5.41) is 5.92. The smallest absolute Gasteiger partial charge is 0.339 e. The number of hydrogen-bond acceptors (Lipinski definition) is 5. The van der Waals surface area contributed by atoms with Crippen LogP contribution in [0.2, 0.25) is 5.02 Å². The summed E-state index contributed by atoms with van der Waals surface area (Å²) in [6, 6.07) is 6.12. The van der Waals surface area contributed by atoms with Gasteiger partial charge in [-0.3, -0.25) is 19.8 Å². The van der Waals surface area contributed by atoms with Gasteiger partial charge in [0.1, 0.15) is 5.69 Å². The molecule has 13 heteroatoms. The number of fused-ring (bicyclic) bond motifs is 1. The Balaban J connectivity index is 1.29. The second-order valence-corrected chi connectivity index (χ2v) is 8.99. The predicted octanol–water partition coefficient (Wildman–Crippen LogP) is 4.26. The Morgan fingerprint density at radius 3 is 2.64 bits per heavy atom. The molecule has 0 spiro atoms. The number of benzene rings is 1. The zero-order valence-corrected chi connectivity index (χ0v) is 19.3. The van der Waals surface area contributed by atoms with Crippen molar-refractivity contribution in [3.05, 3.63) is 70.5 Å². The molecule has 2 fully saturated rings. The van der Waals surface area contributed by atoms with Crippen molar-refractivity contribution in [3.8, 4) is 11.1 Å². The summed E-state index contributed by atoms with van der Waals surface area (Å²) in [6.45, 7) is 0.489. The molecule has 2 saturated heterocycles. The van der Waals surface area contributed by atoms with Crippen LogP contribution in [0.1, 0.15) is 21.6 Å². The molecule has 0 saturated carbocycles. The number of pyridine rings is 1. The molecule has 2 aromatic heterocycles. The second kappa shape index (κ2) is 9.09. The maximum absolute atomic E-state index is 15.6. The van der Waals surface area contributed by atoms with Crippen molar-refractivity contribution in [1.82, 2.24) is 25.0 Å². The molecule has 7 nitrogen and oxygen atoms in total. The van der Waals surface area contributed by atoms with Crippen molar-refractivity contribution in [3.63, 3.8) is 0 Å². The van der Waals surface area contributed by atoms with Crippen molar-refractivity contribution in [2.75, 3.05) is 32.8 Å². The minimum atomic E-state index is -4.63. The molecule has 5 rings (SSSR count). The molecule has 3 aromatic rings. The Bertz CT molecular complexity index is 1280. The zero-order valence-electron chi connectivity index (χ0n) is 18.5. The van der Waals surface area contributed by atoms with E-state index in [0.29, 0.717) is 12.1 Å². The number of piperazine rings is 1. The minimum absolute atomic E-state index is 0.0858. The lowest BCUT2D eigenvalue weighted by atomic mass is 10.0. The number of amides is 1. The molecule has 1 aromatic carbocycles. The number of alkyl halides is 4. The van der Waals surface area contributed by atoms with E-state index >= 15 is 4.39 Å². The number of aromatic nitrogens is 3. The maximum Gasteiger partial charge on any atom is 0.433 e. The third kappa shape index (κ3) is 4.44. The number of aromatic amines is 1. The molecular weight excluding hydrogens is 509 g/mol. The minimum Gasteiger partial charge on any atom is -0.339 e. The number of ether oxygens (including phenoxy) is 1. The van der Waals surface area contributed by atoms with Crippen LogP contribution in [-0.4, -0.2) is 69.7 Å². The summed E-state index contributed by atoms with van der Waals surface area (Å²) in [5.74, 6) is -3.37. The number of carbonyl (C=O) groups is 1. The molecule has 2 aliphatic rings. The van der Waals surface area contributed by atoms with Crippen molar-refractivity contribution in [2.45, 2.75) is 18.1 Å². The van der Waals surface area contributed by atoms with Crippen molar-refractivity contribution >= 4 is 17.5 Å². The fraction of sp³-hybridized carbons (Fsp3) is 0.348. The number of carbonyl (C=O) groups excluding carboxylic acids is 1. The van der Waals surface area contributed by atoms with Gasteiger partial charge in [-0.15, -0.1) is 0 Å². The average molecular weight is 528 g/mol. The van der Waals surface area contributed by atoms with Crippen LogP contribution in [0.3, 0.4) is 0 Å². The van der Waals surface area contributed by atoms with Gasteiger partial charge in [0.2, 0.25) is 11.8 Å². The molecule has 1 amide bonds. The number of rotatable bonds is 3. The topological polar surface area (TPSA) is 74.4 Å². The van der Waals surface area contributed by atoms with E-state index in [1.54, 1.807) is 28.0 Å². The van der Waals surface area contributed by atoms with Gasteiger partial charge in [0.05, 0.1) is 41.5 Å². The molecule has 1 N–H and O–H groups in total. The second-order valence-electron chi connectivity index (χ2n) is 8.61. The third-order valence-corrected chi connectivity index (χ3v) is 6.81. The highest BCUT2D eigenvalue weighted by Gasteiger charge is 2.45. The molecule has 36 heavy (non-hydrogen) atoms. The van der Waals surface area contributed by atoms with Crippen LogP contribution < -0.4 is 0 Å². The van der Waals surface area contributed by atoms with Gasteiger partial charge in [-0.2, -0.15) is 22.7 Å². The van der Waals surface area contributed by atoms with E-state index in [9.17, 15) is 22.4 Å². The van der Waals surface area contributed by atoms with Gasteiger partial charge in [0.15, 0.2) is 0 Å². The number of nitrogens with one attached hydrogen (secondary N) is 1. The first-order valence-electron chi connectivity index (χ1n) is 10.9. The van der Waals surface area contributed by atoms with Gasteiger partial charge in [-0.25, -0.2) is 4.39 Å². The Labute approximate surface area is 206 Å². The first-order valence-corrected chi connectivity index (χ1v) is 11.3. The van der Waals surface area contributed by atoms with E-state index in [0.717, 1.165) is 18.3 Å². The van der Waals surface area contributed by atoms with Crippen molar-refractivity contribution < 1.29 is 31.5 Å². The normalized spacial score (nSPS) is 22.9. The van der Waals surface area contributed by atoms with Crippen LogP contribution in [0.5, 0.6) is 0 Å². The Hall–Kier alpha value is -3.09. The van der Waals surface area contributed by atoms with Crippen molar-refractivity contribution in [2.24, 2.45) is 0 Å². The van der Waals surface area contributed by atoms with Gasteiger partial charge >= 0.3 is 6.18 Å². The SMILES string of the molecule is O=C(c1cccc(-c2cn[nH]c2F)c1Cl)N1CCN2C[C@@](F)(c3ccc(C(F)(F)F)nc3)OC[C@@H]2C1. The Morgan fingerprint density at radius 2 is 1.97 bits per heavy atom. The number of H-pyrrole nitrogens is 1. The van der Waals surface area contributed by atoms with E-state index in [1.807, 2.05) is 0 Å². The van der Waals surface area contributed by atoms with E-state index in [2.05, 4.69) is 15.2 Å². The van der Waals surface area contributed by atoms with E-state index < -0.39 is 23.7 Å². The summed E-state index contributed by atoms with van der Waals surface area (Å²) >= 11 is 6.45. The molecule has 0 unspecified atom stereocenters. The summed E-state index contributed by atoms with van der Waals surface area (Å²) in [4.78, 5) is 19.9. The van der Waals surface area contributed by atoms with Crippen LogP contribution >= 0.6 is 11.6 Å². The highest BCUT2D eigenvalue weighted by atomic mass is 35.5. The Morgan fingerprint density at radius 1 is 1.17 bits per heavy atom. The quantitative estimate of drug-likeness (QED) is 0.515. The molecule has 4 heterocycles. The molecule has 0 bridgehead atoms. The van der Waals surface area contributed by atoms with E-state index in [1.165, 1.54) is 6.20 Å². The molecule has 2 aliphatic heterocycles. The predicted molar refractivity (Wildman–Crippen MR) is 118 cm³/mol. The van der Waals surface area contributed by atoms with Gasteiger partial charge in [-0.05, 0) is 18.2 Å². The molecule has 190 valence electrons. The molecule has 0 aliphatic carbocycles. The van der Waals surface area contributed by atoms with Crippen LogP contribution in [-0.2, 0) is 16.8 Å². The first kappa shape index (κ1) is 24.6. The number of hydrogen-bond donors (Lipinski definition) is 1. The average Bonchev–Trinajstić information content (AvgIpc) is 3.28. The highest BCUT2D eigenvalue weighted by Crippen LogP contribution is 2.37. The third-order valence-electron chi connectivity index (χ3n) is 6.40. The van der Waals surface area contributed by atoms with Gasteiger partial charge in [0, 0.05) is 37.0 Å². The van der Waals surface area contributed by atoms with Crippen LogP contribution in [0.15, 0.2) is 42.7 Å². The lowest BCUT2D eigenvalue weighted by molar-refractivity contribution is -0.221. The summed E-state index contributed by atoms with van der Waals surface area (Å²) in [5.41, 5.74) is -0.579. The maximum atomic E-state index is 15.6. The summed E-state index contributed by atoms with van der Waals surface area (Å²) in [7, 11) is 0. The zero-order chi connectivity index (χ0) is 25.7. The van der Waals surface area contributed by atoms with Crippen LogP contribution in [0, 0.1) is 5.95 Å². The summed E-state index contributed by atoms with van der Waals surface area (Å²) < 4.78 is 73.3. The lowest BCUT2D eigenvalue weighted by Gasteiger charge is -2.48. The fourth-order valence-corrected chi connectivity index (χ4v) is 4.78. The lowest BCUT2D eigenvalue weighted by Crippen LogP contribution is -2.62. The van der Waals surface area contributed by atoms with Crippen molar-refractivity contribution in [1.29, 1.82) is 0 Å². The monoisotopic (exact) mass is 527 g/mol. The first-order chi connectivity index (χ1) is 17.1. The van der Waals surface area contributed by atoms with Gasteiger partial charge in [-0.1, -0.05) is 23.7 Å². The standard InChI is InChI=1S/C23H19ClF5N5O2/c24-19-15(17-9-31-32-20(17)25)2-1-3-16(19)21(35)33-6-7-34-12-22(26,36-11-14(34)10-33)13-4-5-18(30-8-13)23(27,28)29/h1-5,8-9,14H,6-7,10-12H2,(H,31,32)/t14-,22-/m0/s1. The number of nitrogens with zero attached hydrogens (tertiary/aromatic N) is 4. The molecular formula is C23H19ClF5N5O2. The number of halogens is 6. The highest BCUT2D eigenvalue weighted by molar-refractivity contribution is 6.36. The molecule has 0 radical (unpaired) electrons. The number of morpholine rings is 1. The van der Waals surface area contributed by atoms with Crippen LogP contribution in [0.25, 0.3) is 11.1 Å². The Kier molecular flexibility index (Phi) is 6.21. The van der Waals surface area contributed by atoms with E-state index in [4.69, 9.17) is 16.3 Å². The summed E-state index contributed by atoms with van der Waals surface area (Å²) in [6.07, 6.45) is -2.52.